The highest BCUT2D eigenvalue weighted by Crippen LogP contribution is 2.25. The first kappa shape index (κ1) is 23.2. The standard InChI is InChI=1S/C20H30N2O6S/c1-5-14(2)18(20(24)28-4)21-19(23)15-10-12-22(13-11-15)29(25,26)17-8-6-16(27-3)7-9-17/h6-9,14-15,18H,5,10-13H2,1-4H3,(H,21,23)/t14-,18-/m1/s1. The summed E-state index contributed by atoms with van der Waals surface area (Å²) in [7, 11) is -0.805. The van der Waals surface area contributed by atoms with Gasteiger partial charge in [0.15, 0.2) is 0 Å². The zero-order valence-electron chi connectivity index (χ0n) is 17.4. The molecule has 1 N–H and O–H groups in total. The van der Waals surface area contributed by atoms with Gasteiger partial charge in [-0.05, 0) is 43.0 Å². The molecular weight excluding hydrogens is 396 g/mol. The Morgan fingerprint density at radius 2 is 1.76 bits per heavy atom. The molecule has 0 saturated carbocycles. The Morgan fingerprint density at radius 1 is 1.17 bits per heavy atom. The lowest BCUT2D eigenvalue weighted by molar-refractivity contribution is -0.147. The number of hydrogen-bond donors (Lipinski definition) is 1. The molecule has 0 aliphatic carbocycles. The molecule has 1 saturated heterocycles. The molecule has 0 spiro atoms. The van der Waals surface area contributed by atoms with Gasteiger partial charge in [0.2, 0.25) is 15.9 Å². The van der Waals surface area contributed by atoms with Gasteiger partial charge in [-0.2, -0.15) is 4.31 Å². The van der Waals surface area contributed by atoms with Gasteiger partial charge < -0.3 is 14.8 Å². The van der Waals surface area contributed by atoms with Crippen molar-refractivity contribution in [3.05, 3.63) is 24.3 Å². The number of hydrogen-bond acceptors (Lipinski definition) is 6. The molecule has 8 nitrogen and oxygen atoms in total. The third kappa shape index (κ3) is 5.48. The first-order chi connectivity index (χ1) is 13.7. The lowest BCUT2D eigenvalue weighted by Gasteiger charge is -2.32. The predicted molar refractivity (Wildman–Crippen MR) is 108 cm³/mol. The van der Waals surface area contributed by atoms with Crippen LogP contribution in [0.5, 0.6) is 5.75 Å². The molecule has 0 radical (unpaired) electrons. The Labute approximate surface area is 172 Å². The normalized spacial score (nSPS) is 17.9. The predicted octanol–water partition coefficient (Wildman–Crippen LogP) is 1.80. The van der Waals surface area contributed by atoms with Crippen LogP contribution in [-0.4, -0.2) is 58.0 Å². The van der Waals surface area contributed by atoms with E-state index in [1.165, 1.54) is 30.7 Å². The monoisotopic (exact) mass is 426 g/mol. The van der Waals surface area contributed by atoms with Crippen LogP contribution in [0.4, 0.5) is 0 Å². The summed E-state index contributed by atoms with van der Waals surface area (Å²) in [6, 6.07) is 5.54. The molecule has 1 aliphatic heterocycles. The van der Waals surface area contributed by atoms with Gasteiger partial charge in [0.1, 0.15) is 11.8 Å². The van der Waals surface area contributed by atoms with Gasteiger partial charge in [0.05, 0.1) is 19.1 Å². The first-order valence-corrected chi connectivity index (χ1v) is 11.2. The molecule has 1 heterocycles. The molecule has 162 valence electrons. The summed E-state index contributed by atoms with van der Waals surface area (Å²) < 4.78 is 36.9. The Balaban J connectivity index is 1.99. The molecule has 0 bridgehead atoms. The van der Waals surface area contributed by atoms with Crippen molar-refractivity contribution < 1.29 is 27.5 Å². The highest BCUT2D eigenvalue weighted by Gasteiger charge is 2.34. The maximum Gasteiger partial charge on any atom is 0.328 e. The quantitative estimate of drug-likeness (QED) is 0.636. The Hall–Kier alpha value is -2.13. The Kier molecular flexibility index (Phi) is 8.04. The smallest absolute Gasteiger partial charge is 0.328 e. The number of carbonyl (C=O) groups excluding carboxylic acids is 2. The van der Waals surface area contributed by atoms with E-state index in [1.54, 1.807) is 12.1 Å². The fourth-order valence-electron chi connectivity index (χ4n) is 3.32. The minimum atomic E-state index is -3.62. The van der Waals surface area contributed by atoms with Gasteiger partial charge in [-0.3, -0.25) is 4.79 Å². The molecule has 1 amide bonds. The molecule has 9 heteroatoms. The topological polar surface area (TPSA) is 102 Å². The minimum Gasteiger partial charge on any atom is -0.497 e. The summed E-state index contributed by atoms with van der Waals surface area (Å²) in [5, 5.41) is 2.79. The number of methoxy groups -OCH3 is 2. The molecular formula is C20H30N2O6S. The van der Waals surface area contributed by atoms with E-state index < -0.39 is 22.0 Å². The van der Waals surface area contributed by atoms with Crippen LogP contribution < -0.4 is 10.1 Å². The van der Waals surface area contributed by atoms with E-state index in [-0.39, 0.29) is 35.7 Å². The van der Waals surface area contributed by atoms with Gasteiger partial charge in [0.25, 0.3) is 0 Å². The number of piperidine rings is 1. The summed E-state index contributed by atoms with van der Waals surface area (Å²) in [4.78, 5) is 24.8. The lowest BCUT2D eigenvalue weighted by atomic mass is 9.94. The average Bonchev–Trinajstić information content (AvgIpc) is 2.76. The van der Waals surface area contributed by atoms with Crippen molar-refractivity contribution in [3.8, 4) is 5.75 Å². The summed E-state index contributed by atoms with van der Waals surface area (Å²) in [6.07, 6.45) is 1.52. The van der Waals surface area contributed by atoms with Gasteiger partial charge in [-0.25, -0.2) is 13.2 Å². The maximum absolute atomic E-state index is 12.8. The fraction of sp³-hybridized carbons (Fsp3) is 0.600. The molecule has 0 aromatic heterocycles. The van der Waals surface area contributed by atoms with E-state index in [0.29, 0.717) is 18.6 Å². The maximum atomic E-state index is 12.8. The highest BCUT2D eigenvalue weighted by molar-refractivity contribution is 7.89. The van der Waals surface area contributed by atoms with E-state index in [4.69, 9.17) is 9.47 Å². The second-order valence-electron chi connectivity index (χ2n) is 7.25. The number of ether oxygens (including phenoxy) is 2. The second-order valence-corrected chi connectivity index (χ2v) is 9.19. The Morgan fingerprint density at radius 3 is 2.24 bits per heavy atom. The third-order valence-electron chi connectivity index (χ3n) is 5.49. The van der Waals surface area contributed by atoms with Crippen molar-refractivity contribution in [2.45, 2.75) is 44.0 Å². The van der Waals surface area contributed by atoms with Gasteiger partial charge in [0, 0.05) is 19.0 Å². The SMILES string of the molecule is CC[C@@H](C)[C@@H](NC(=O)C1CCN(S(=O)(=O)c2ccc(OC)cc2)CC1)C(=O)OC. The number of nitrogens with zero attached hydrogens (tertiary/aromatic N) is 1. The number of nitrogens with one attached hydrogen (secondary N) is 1. The Bertz CT molecular complexity index is 801. The van der Waals surface area contributed by atoms with Crippen molar-refractivity contribution >= 4 is 21.9 Å². The number of esters is 1. The van der Waals surface area contributed by atoms with Crippen LogP contribution in [0.15, 0.2) is 29.2 Å². The molecule has 2 atom stereocenters. The number of carbonyl (C=O) groups is 2. The summed E-state index contributed by atoms with van der Waals surface area (Å²) in [6.45, 7) is 4.32. The number of amides is 1. The van der Waals surface area contributed by atoms with Crippen molar-refractivity contribution in [2.24, 2.45) is 11.8 Å². The summed E-state index contributed by atoms with van der Waals surface area (Å²) >= 11 is 0. The van der Waals surface area contributed by atoms with Crippen LogP contribution >= 0.6 is 0 Å². The summed E-state index contributed by atoms with van der Waals surface area (Å²) in [5.74, 6) is -0.509. The molecule has 1 fully saturated rings. The fourth-order valence-corrected chi connectivity index (χ4v) is 4.79. The van der Waals surface area contributed by atoms with Gasteiger partial charge >= 0.3 is 5.97 Å². The van der Waals surface area contributed by atoms with Gasteiger partial charge in [-0.1, -0.05) is 20.3 Å². The largest absolute Gasteiger partial charge is 0.497 e. The van der Waals surface area contributed by atoms with Crippen LogP contribution in [0, 0.1) is 11.8 Å². The van der Waals surface area contributed by atoms with E-state index >= 15 is 0 Å². The van der Waals surface area contributed by atoms with E-state index in [2.05, 4.69) is 5.32 Å². The minimum absolute atomic E-state index is 0.0538. The van der Waals surface area contributed by atoms with Crippen LogP contribution in [0.2, 0.25) is 0 Å². The summed E-state index contributed by atoms with van der Waals surface area (Å²) in [5.41, 5.74) is 0. The van der Waals surface area contributed by atoms with Crippen molar-refractivity contribution in [2.75, 3.05) is 27.3 Å². The highest BCUT2D eigenvalue weighted by atomic mass is 32.2. The molecule has 29 heavy (non-hydrogen) atoms. The van der Waals surface area contributed by atoms with Crippen molar-refractivity contribution in [3.63, 3.8) is 0 Å². The molecule has 0 unspecified atom stereocenters. The number of sulfonamides is 1. The van der Waals surface area contributed by atoms with Crippen molar-refractivity contribution in [1.29, 1.82) is 0 Å². The van der Waals surface area contributed by atoms with Gasteiger partial charge in [-0.15, -0.1) is 0 Å². The van der Waals surface area contributed by atoms with Crippen LogP contribution in [0.3, 0.4) is 0 Å². The van der Waals surface area contributed by atoms with Crippen LogP contribution in [0.25, 0.3) is 0 Å². The van der Waals surface area contributed by atoms with Crippen LogP contribution in [0.1, 0.15) is 33.1 Å². The third-order valence-corrected chi connectivity index (χ3v) is 7.40. The van der Waals surface area contributed by atoms with E-state index in [1.807, 2.05) is 13.8 Å². The molecule has 2 rings (SSSR count). The zero-order valence-corrected chi connectivity index (χ0v) is 18.2. The number of rotatable bonds is 8. The molecule has 1 aliphatic rings. The lowest BCUT2D eigenvalue weighted by Crippen LogP contribution is -2.50. The average molecular weight is 427 g/mol. The van der Waals surface area contributed by atoms with E-state index in [0.717, 1.165) is 6.42 Å². The van der Waals surface area contributed by atoms with Crippen LogP contribution in [-0.2, 0) is 24.3 Å². The van der Waals surface area contributed by atoms with E-state index in [9.17, 15) is 18.0 Å². The zero-order chi connectivity index (χ0) is 21.6. The molecule has 1 aromatic carbocycles. The first-order valence-electron chi connectivity index (χ1n) is 9.77. The second kappa shape index (κ2) is 10.1. The number of benzene rings is 1. The molecule has 1 aromatic rings. The van der Waals surface area contributed by atoms with Crippen molar-refractivity contribution in [1.82, 2.24) is 9.62 Å².